The Bertz CT molecular complexity index is 482. The van der Waals surface area contributed by atoms with Crippen LogP contribution in [0.4, 0.5) is 4.79 Å². The number of aliphatic hydroxyl groups excluding tert-OH is 1. The fourth-order valence-corrected chi connectivity index (χ4v) is 1.89. The largest absolute Gasteiger partial charge is 0.465 e. The smallest absolute Gasteiger partial charge is 0.404 e. The van der Waals surface area contributed by atoms with Gasteiger partial charge >= 0.3 is 6.09 Å². The number of carbonyl (C=O) groups excluding carboxylic acids is 1. The van der Waals surface area contributed by atoms with Gasteiger partial charge in [-0.1, -0.05) is 30.3 Å². The number of carboxylic acid groups (broad SMARTS) is 1. The van der Waals surface area contributed by atoms with E-state index in [4.69, 9.17) is 5.11 Å². The molecular formula is C15H22N2O4. The molecule has 2 atom stereocenters. The predicted molar refractivity (Wildman–Crippen MR) is 79.0 cm³/mol. The van der Waals surface area contributed by atoms with Gasteiger partial charge in [-0.05, 0) is 32.8 Å². The van der Waals surface area contributed by atoms with Crippen LogP contribution in [0.2, 0.25) is 0 Å². The highest BCUT2D eigenvalue weighted by Crippen LogP contribution is 2.08. The zero-order chi connectivity index (χ0) is 16.0. The van der Waals surface area contributed by atoms with Gasteiger partial charge in [0.2, 0.25) is 0 Å². The number of nitrogens with one attached hydrogen (secondary N) is 2. The number of carbonyl (C=O) groups is 2. The fraction of sp³-hybridized carbons (Fsp3) is 0.467. The highest BCUT2D eigenvalue weighted by molar-refractivity contribution is 5.82. The summed E-state index contributed by atoms with van der Waals surface area (Å²) in [6.07, 6.45) is -2.51. The summed E-state index contributed by atoms with van der Waals surface area (Å²) in [5, 5.41) is 23.8. The summed E-state index contributed by atoms with van der Waals surface area (Å²) >= 11 is 0. The van der Waals surface area contributed by atoms with E-state index in [9.17, 15) is 14.7 Å². The van der Waals surface area contributed by atoms with Crippen molar-refractivity contribution in [1.82, 2.24) is 10.6 Å². The van der Waals surface area contributed by atoms with Crippen molar-refractivity contribution in [1.29, 1.82) is 0 Å². The number of aliphatic hydroxyl groups is 1. The maximum absolute atomic E-state index is 12.0. The van der Waals surface area contributed by atoms with Gasteiger partial charge in [-0.25, -0.2) is 4.79 Å². The first-order chi connectivity index (χ1) is 9.69. The third kappa shape index (κ3) is 6.27. The lowest BCUT2D eigenvalue weighted by molar-refractivity contribution is -0.132. The second-order valence-electron chi connectivity index (χ2n) is 5.93. The van der Waals surface area contributed by atoms with Crippen LogP contribution in [0.5, 0.6) is 0 Å². The number of benzene rings is 1. The summed E-state index contributed by atoms with van der Waals surface area (Å²) in [5.74, 6) is -0.600. The van der Waals surface area contributed by atoms with Crippen LogP contribution in [0.25, 0.3) is 0 Å². The zero-order valence-electron chi connectivity index (χ0n) is 12.5. The van der Waals surface area contributed by atoms with E-state index in [0.29, 0.717) is 0 Å². The Morgan fingerprint density at radius 1 is 1.19 bits per heavy atom. The molecule has 0 saturated carbocycles. The van der Waals surface area contributed by atoms with Gasteiger partial charge in [-0.15, -0.1) is 0 Å². The molecule has 1 aromatic carbocycles. The number of hydrogen-bond acceptors (Lipinski definition) is 3. The summed E-state index contributed by atoms with van der Waals surface area (Å²) in [7, 11) is 0. The molecule has 6 heteroatoms. The van der Waals surface area contributed by atoms with Crippen molar-refractivity contribution < 1.29 is 19.8 Å². The maximum atomic E-state index is 12.0. The molecule has 0 saturated heterocycles. The molecule has 0 fully saturated rings. The first-order valence-electron chi connectivity index (χ1n) is 6.72. The Morgan fingerprint density at radius 3 is 2.24 bits per heavy atom. The third-order valence-electron chi connectivity index (χ3n) is 2.76. The average molecular weight is 294 g/mol. The molecule has 0 bridgehead atoms. The van der Waals surface area contributed by atoms with Crippen LogP contribution in [0, 0.1) is 0 Å². The first kappa shape index (κ1) is 17.0. The molecule has 0 radical (unpaired) electrons. The molecule has 1 aromatic rings. The van der Waals surface area contributed by atoms with E-state index < -0.39 is 29.7 Å². The maximum Gasteiger partial charge on any atom is 0.404 e. The normalized spacial score (nSPS) is 14.1. The number of hydrogen-bond donors (Lipinski definition) is 4. The molecule has 1 rings (SSSR count). The van der Waals surface area contributed by atoms with Crippen molar-refractivity contribution in [2.45, 2.75) is 44.9 Å². The average Bonchev–Trinajstić information content (AvgIpc) is 2.35. The van der Waals surface area contributed by atoms with E-state index >= 15 is 0 Å². The van der Waals surface area contributed by atoms with Crippen molar-refractivity contribution in [2.24, 2.45) is 0 Å². The minimum Gasteiger partial charge on any atom is -0.465 e. The summed E-state index contributed by atoms with van der Waals surface area (Å²) < 4.78 is 0. The molecule has 0 aliphatic heterocycles. The van der Waals surface area contributed by atoms with E-state index in [1.807, 2.05) is 30.3 Å². The van der Waals surface area contributed by atoms with E-state index in [1.165, 1.54) is 0 Å². The van der Waals surface area contributed by atoms with Crippen LogP contribution in [0.15, 0.2) is 30.3 Å². The molecule has 0 spiro atoms. The van der Waals surface area contributed by atoms with Gasteiger partial charge in [-0.2, -0.15) is 0 Å². The van der Waals surface area contributed by atoms with Crippen molar-refractivity contribution in [3.05, 3.63) is 35.9 Å². The Morgan fingerprint density at radius 2 is 1.76 bits per heavy atom. The summed E-state index contributed by atoms with van der Waals surface area (Å²) in [5.41, 5.74) is 0.331. The summed E-state index contributed by atoms with van der Waals surface area (Å²) in [4.78, 5) is 22.8. The predicted octanol–water partition coefficient (Wildman–Crippen LogP) is 1.14. The zero-order valence-corrected chi connectivity index (χ0v) is 12.5. The van der Waals surface area contributed by atoms with Gasteiger partial charge in [-0.3, -0.25) is 4.79 Å². The van der Waals surface area contributed by atoms with Gasteiger partial charge in [0.05, 0.1) is 6.04 Å². The van der Waals surface area contributed by atoms with E-state index in [1.54, 1.807) is 20.8 Å². The van der Waals surface area contributed by atoms with Crippen LogP contribution < -0.4 is 10.6 Å². The monoisotopic (exact) mass is 294 g/mol. The molecule has 4 N–H and O–H groups in total. The summed E-state index contributed by atoms with van der Waals surface area (Å²) in [6, 6.07) is 8.18. The van der Waals surface area contributed by atoms with Gasteiger partial charge in [0.25, 0.3) is 5.91 Å². The highest BCUT2D eigenvalue weighted by atomic mass is 16.4. The van der Waals surface area contributed by atoms with Crippen LogP contribution in [0.1, 0.15) is 26.3 Å². The lowest BCUT2D eigenvalue weighted by atomic mass is 9.99. The molecule has 0 aliphatic carbocycles. The van der Waals surface area contributed by atoms with Crippen molar-refractivity contribution in [2.75, 3.05) is 0 Å². The topological polar surface area (TPSA) is 98.7 Å². The quantitative estimate of drug-likeness (QED) is 0.654. The van der Waals surface area contributed by atoms with Gasteiger partial charge in [0.1, 0.15) is 0 Å². The molecule has 0 aromatic heterocycles. The Balaban J connectivity index is 2.81. The van der Waals surface area contributed by atoms with Gasteiger partial charge in [0, 0.05) is 5.54 Å². The fourth-order valence-electron chi connectivity index (χ4n) is 1.89. The minimum absolute atomic E-state index is 0.228. The minimum atomic E-state index is -1.46. The second-order valence-corrected chi connectivity index (χ2v) is 5.93. The number of rotatable bonds is 5. The molecule has 0 heterocycles. The molecule has 2 unspecified atom stereocenters. The van der Waals surface area contributed by atoms with Crippen molar-refractivity contribution in [3.63, 3.8) is 0 Å². The molecular weight excluding hydrogens is 272 g/mol. The molecule has 0 aliphatic rings. The van der Waals surface area contributed by atoms with E-state index in [2.05, 4.69) is 10.6 Å². The Kier molecular flexibility index (Phi) is 5.72. The van der Waals surface area contributed by atoms with Gasteiger partial charge in [0.15, 0.2) is 6.10 Å². The summed E-state index contributed by atoms with van der Waals surface area (Å²) in [6.45, 7) is 5.36. The SMILES string of the molecule is CC(C)(C)NC(=O)C(O)C(Cc1ccccc1)NC(=O)O. The molecule has 21 heavy (non-hydrogen) atoms. The molecule has 2 amide bonds. The molecule has 6 nitrogen and oxygen atoms in total. The van der Waals surface area contributed by atoms with Crippen LogP contribution >= 0.6 is 0 Å². The first-order valence-corrected chi connectivity index (χ1v) is 6.72. The lowest BCUT2D eigenvalue weighted by Crippen LogP contribution is -2.54. The standard InChI is InChI=1S/C15H22N2O4/c1-15(2,3)17-13(19)12(18)11(16-14(20)21)9-10-7-5-4-6-8-10/h4-8,11-12,16,18H,9H2,1-3H3,(H,17,19)(H,20,21). The van der Waals surface area contributed by atoms with Crippen LogP contribution in [-0.2, 0) is 11.2 Å². The highest BCUT2D eigenvalue weighted by Gasteiger charge is 2.29. The number of amides is 2. The van der Waals surface area contributed by atoms with E-state index in [-0.39, 0.29) is 6.42 Å². The van der Waals surface area contributed by atoms with E-state index in [0.717, 1.165) is 5.56 Å². The van der Waals surface area contributed by atoms with Crippen molar-refractivity contribution >= 4 is 12.0 Å². The van der Waals surface area contributed by atoms with Gasteiger partial charge < -0.3 is 20.8 Å². The Labute approximate surface area is 124 Å². The van der Waals surface area contributed by atoms with Crippen LogP contribution in [-0.4, -0.2) is 39.9 Å². The molecule has 116 valence electrons. The Hall–Kier alpha value is -2.08. The second kappa shape index (κ2) is 7.08. The van der Waals surface area contributed by atoms with Crippen molar-refractivity contribution in [3.8, 4) is 0 Å². The van der Waals surface area contributed by atoms with Crippen LogP contribution in [0.3, 0.4) is 0 Å². The lowest BCUT2D eigenvalue weighted by Gasteiger charge is -2.27. The third-order valence-corrected chi connectivity index (χ3v) is 2.76.